The van der Waals surface area contributed by atoms with Gasteiger partial charge < -0.3 is 9.72 Å². The van der Waals surface area contributed by atoms with Gasteiger partial charge in [0.05, 0.1) is 29.8 Å². The van der Waals surface area contributed by atoms with Gasteiger partial charge in [0.15, 0.2) is 0 Å². The standard InChI is InChI=1S/C16H17N5O2/c1-9(2)23-15-8-18-7-14(20-15)10-3-4-13-11(5-10)12(6-19-13)16(22)21-17/h3-9,19H,17H2,1-2H3,(H,21,22). The molecule has 0 fully saturated rings. The highest BCUT2D eigenvalue weighted by molar-refractivity contribution is 6.07. The molecule has 0 bridgehead atoms. The van der Waals surface area contributed by atoms with Crippen LogP contribution in [0, 0.1) is 0 Å². The summed E-state index contributed by atoms with van der Waals surface area (Å²) in [5.41, 5.74) is 4.97. The van der Waals surface area contributed by atoms with Crippen molar-refractivity contribution in [3.05, 3.63) is 42.4 Å². The van der Waals surface area contributed by atoms with Gasteiger partial charge >= 0.3 is 0 Å². The number of rotatable bonds is 4. The van der Waals surface area contributed by atoms with E-state index in [1.165, 1.54) is 0 Å². The Morgan fingerprint density at radius 3 is 2.91 bits per heavy atom. The molecule has 3 aromatic rings. The number of H-pyrrole nitrogens is 1. The number of hydrogen-bond acceptors (Lipinski definition) is 5. The number of benzene rings is 1. The molecule has 0 aliphatic heterocycles. The van der Waals surface area contributed by atoms with E-state index in [-0.39, 0.29) is 12.0 Å². The third-order valence-corrected chi connectivity index (χ3v) is 3.32. The summed E-state index contributed by atoms with van der Waals surface area (Å²) in [5.74, 6) is 5.33. The Labute approximate surface area is 132 Å². The van der Waals surface area contributed by atoms with Crippen LogP contribution in [0.15, 0.2) is 36.8 Å². The summed E-state index contributed by atoms with van der Waals surface area (Å²) in [6, 6.07) is 5.67. The summed E-state index contributed by atoms with van der Waals surface area (Å²) < 4.78 is 5.57. The number of hydrogen-bond donors (Lipinski definition) is 3. The molecule has 0 saturated carbocycles. The van der Waals surface area contributed by atoms with Crippen molar-refractivity contribution in [2.45, 2.75) is 20.0 Å². The van der Waals surface area contributed by atoms with Gasteiger partial charge in [0.1, 0.15) is 0 Å². The van der Waals surface area contributed by atoms with Crippen LogP contribution in [0.3, 0.4) is 0 Å². The second-order valence-corrected chi connectivity index (χ2v) is 5.35. The number of ether oxygens (including phenoxy) is 1. The first kappa shape index (κ1) is 15.0. The van der Waals surface area contributed by atoms with Gasteiger partial charge in [-0.2, -0.15) is 0 Å². The Morgan fingerprint density at radius 2 is 2.17 bits per heavy atom. The molecule has 0 saturated heterocycles. The van der Waals surface area contributed by atoms with Gasteiger partial charge in [0.2, 0.25) is 5.88 Å². The molecule has 1 amide bonds. The number of carbonyl (C=O) groups is 1. The number of carbonyl (C=O) groups excluding carboxylic acids is 1. The van der Waals surface area contributed by atoms with Gasteiger partial charge in [0.25, 0.3) is 5.91 Å². The van der Waals surface area contributed by atoms with Crippen LogP contribution in [0.5, 0.6) is 5.88 Å². The lowest BCUT2D eigenvalue weighted by Gasteiger charge is -2.09. The Morgan fingerprint density at radius 1 is 1.35 bits per heavy atom. The lowest BCUT2D eigenvalue weighted by atomic mass is 10.1. The third kappa shape index (κ3) is 3.00. The fourth-order valence-electron chi connectivity index (χ4n) is 2.33. The number of fused-ring (bicyclic) bond motifs is 1. The van der Waals surface area contributed by atoms with Gasteiger partial charge in [0, 0.05) is 22.7 Å². The number of nitrogens with two attached hydrogens (primary N) is 1. The summed E-state index contributed by atoms with van der Waals surface area (Å²) >= 11 is 0. The Hall–Kier alpha value is -2.93. The monoisotopic (exact) mass is 311 g/mol. The van der Waals surface area contributed by atoms with Crippen LogP contribution in [-0.4, -0.2) is 27.0 Å². The molecule has 0 aliphatic carbocycles. The first-order valence-electron chi connectivity index (χ1n) is 7.19. The minimum atomic E-state index is -0.351. The van der Waals surface area contributed by atoms with Crippen molar-refractivity contribution in [2.75, 3.05) is 0 Å². The zero-order valence-corrected chi connectivity index (χ0v) is 12.8. The quantitative estimate of drug-likeness (QED) is 0.388. The molecule has 2 heterocycles. The van der Waals surface area contributed by atoms with E-state index in [1.54, 1.807) is 18.6 Å². The molecule has 23 heavy (non-hydrogen) atoms. The Balaban J connectivity index is 2.04. The molecule has 0 spiro atoms. The summed E-state index contributed by atoms with van der Waals surface area (Å²) in [6.45, 7) is 3.86. The highest BCUT2D eigenvalue weighted by Crippen LogP contribution is 2.26. The van der Waals surface area contributed by atoms with E-state index in [0.29, 0.717) is 17.1 Å². The van der Waals surface area contributed by atoms with Crippen LogP contribution in [0.25, 0.3) is 22.2 Å². The van der Waals surface area contributed by atoms with E-state index in [1.807, 2.05) is 32.0 Å². The van der Waals surface area contributed by atoms with Crippen LogP contribution in [0.2, 0.25) is 0 Å². The summed E-state index contributed by atoms with van der Waals surface area (Å²) in [4.78, 5) is 23.5. The van der Waals surface area contributed by atoms with E-state index < -0.39 is 0 Å². The number of nitrogens with one attached hydrogen (secondary N) is 2. The summed E-state index contributed by atoms with van der Waals surface area (Å²) in [7, 11) is 0. The molecule has 0 atom stereocenters. The van der Waals surface area contributed by atoms with E-state index in [0.717, 1.165) is 16.5 Å². The molecular formula is C16H17N5O2. The molecule has 1 aromatic carbocycles. The number of nitrogens with zero attached hydrogens (tertiary/aromatic N) is 2. The highest BCUT2D eigenvalue weighted by Gasteiger charge is 2.12. The average molecular weight is 311 g/mol. The lowest BCUT2D eigenvalue weighted by molar-refractivity contribution is 0.0955. The van der Waals surface area contributed by atoms with Crippen LogP contribution in [0.1, 0.15) is 24.2 Å². The fourth-order valence-corrected chi connectivity index (χ4v) is 2.33. The molecule has 4 N–H and O–H groups in total. The highest BCUT2D eigenvalue weighted by atomic mass is 16.5. The number of hydrazine groups is 1. The number of amides is 1. The van der Waals surface area contributed by atoms with Crippen molar-refractivity contribution in [3.63, 3.8) is 0 Å². The van der Waals surface area contributed by atoms with Crippen LogP contribution in [0.4, 0.5) is 0 Å². The smallest absolute Gasteiger partial charge is 0.267 e. The van der Waals surface area contributed by atoms with Gasteiger partial charge in [-0.25, -0.2) is 10.8 Å². The van der Waals surface area contributed by atoms with E-state index in [4.69, 9.17) is 10.6 Å². The maximum absolute atomic E-state index is 11.8. The fraction of sp³-hybridized carbons (Fsp3) is 0.188. The predicted octanol–water partition coefficient (Wildman–Crippen LogP) is 2.02. The summed E-state index contributed by atoms with van der Waals surface area (Å²) in [5, 5.41) is 0.766. The molecule has 118 valence electrons. The van der Waals surface area contributed by atoms with Crippen molar-refractivity contribution < 1.29 is 9.53 Å². The van der Waals surface area contributed by atoms with Crippen LogP contribution in [-0.2, 0) is 0 Å². The van der Waals surface area contributed by atoms with Crippen molar-refractivity contribution in [3.8, 4) is 17.1 Å². The van der Waals surface area contributed by atoms with Crippen molar-refractivity contribution in [1.82, 2.24) is 20.4 Å². The molecule has 0 aliphatic rings. The van der Waals surface area contributed by atoms with Gasteiger partial charge in [-0.3, -0.25) is 15.2 Å². The van der Waals surface area contributed by atoms with Crippen molar-refractivity contribution >= 4 is 16.8 Å². The Bertz CT molecular complexity index is 857. The second kappa shape index (κ2) is 6.05. The number of nitrogen functional groups attached to an aromatic ring is 1. The zero-order valence-electron chi connectivity index (χ0n) is 12.8. The van der Waals surface area contributed by atoms with E-state index >= 15 is 0 Å². The SMILES string of the molecule is CC(C)Oc1cncc(-c2ccc3[nH]cc(C(=O)NN)c3c2)n1. The van der Waals surface area contributed by atoms with Gasteiger partial charge in [-0.05, 0) is 26.0 Å². The first-order chi connectivity index (χ1) is 11.1. The average Bonchev–Trinajstić information content (AvgIpc) is 2.97. The minimum Gasteiger partial charge on any atom is -0.474 e. The van der Waals surface area contributed by atoms with E-state index in [2.05, 4.69) is 20.4 Å². The molecule has 3 rings (SSSR count). The van der Waals surface area contributed by atoms with Crippen molar-refractivity contribution in [2.24, 2.45) is 5.84 Å². The molecule has 7 heteroatoms. The summed E-state index contributed by atoms with van der Waals surface area (Å²) in [6.07, 6.45) is 4.88. The Kier molecular flexibility index (Phi) is 3.94. The zero-order chi connectivity index (χ0) is 16.4. The minimum absolute atomic E-state index is 0.0200. The molecule has 7 nitrogen and oxygen atoms in total. The van der Waals surface area contributed by atoms with Crippen LogP contribution < -0.4 is 16.0 Å². The van der Waals surface area contributed by atoms with Gasteiger partial charge in [-0.1, -0.05) is 6.07 Å². The van der Waals surface area contributed by atoms with Gasteiger partial charge in [-0.15, -0.1) is 0 Å². The molecule has 2 aromatic heterocycles. The maximum atomic E-state index is 11.8. The predicted molar refractivity (Wildman–Crippen MR) is 86.7 cm³/mol. The largest absolute Gasteiger partial charge is 0.474 e. The second-order valence-electron chi connectivity index (χ2n) is 5.35. The molecular weight excluding hydrogens is 294 g/mol. The topological polar surface area (TPSA) is 106 Å². The lowest BCUT2D eigenvalue weighted by Crippen LogP contribution is -2.29. The number of aromatic amines is 1. The normalized spacial score (nSPS) is 11.0. The first-order valence-corrected chi connectivity index (χ1v) is 7.19. The van der Waals surface area contributed by atoms with E-state index in [9.17, 15) is 4.79 Å². The van der Waals surface area contributed by atoms with Crippen molar-refractivity contribution in [1.29, 1.82) is 0 Å². The van der Waals surface area contributed by atoms with Crippen LogP contribution >= 0.6 is 0 Å². The third-order valence-electron chi connectivity index (χ3n) is 3.32. The molecule has 0 unspecified atom stereocenters. The molecule has 0 radical (unpaired) electrons. The number of aromatic nitrogens is 3. The maximum Gasteiger partial charge on any atom is 0.267 e.